The number of nitrogens with two attached hydrogens (primary N) is 1. The van der Waals surface area contributed by atoms with E-state index in [0.29, 0.717) is 27.5 Å². The van der Waals surface area contributed by atoms with Crippen molar-refractivity contribution in [1.29, 1.82) is 0 Å². The molecule has 0 unspecified atom stereocenters. The number of anilines is 2. The maximum Gasteiger partial charge on any atom is 0.257 e. The number of nitrogen functional groups attached to an aromatic ring is 1. The minimum Gasteiger partial charge on any atom is -0.397 e. The molecule has 0 bridgehead atoms. The number of hydrogen-bond donors (Lipinski definition) is 2. The average molecular weight is 299 g/mol. The molecule has 0 atom stereocenters. The van der Waals surface area contributed by atoms with E-state index in [1.807, 2.05) is 6.07 Å². The Kier molecular flexibility index (Phi) is 3.41. The quantitative estimate of drug-likeness (QED) is 0.712. The number of nitrogens with one attached hydrogen (secondary N) is 1. The van der Waals surface area contributed by atoms with Crippen molar-refractivity contribution in [3.63, 3.8) is 0 Å². The lowest BCUT2D eigenvalue weighted by atomic mass is 10.1. The summed E-state index contributed by atoms with van der Waals surface area (Å²) in [5.74, 6) is -0.308. The van der Waals surface area contributed by atoms with E-state index in [9.17, 15) is 4.79 Å². The number of halogens is 1. The van der Waals surface area contributed by atoms with Gasteiger partial charge in [0.2, 0.25) is 0 Å². The maximum atomic E-state index is 12.3. The summed E-state index contributed by atoms with van der Waals surface area (Å²) >= 11 is 5.97. The molecule has 0 saturated heterocycles. The summed E-state index contributed by atoms with van der Waals surface area (Å²) in [6.07, 6.45) is 4.60. The number of hydrogen-bond acceptors (Lipinski definition) is 4. The van der Waals surface area contributed by atoms with Crippen molar-refractivity contribution in [2.24, 2.45) is 0 Å². The summed E-state index contributed by atoms with van der Waals surface area (Å²) < 4.78 is 0. The van der Waals surface area contributed by atoms with Gasteiger partial charge in [-0.15, -0.1) is 0 Å². The van der Waals surface area contributed by atoms with E-state index in [2.05, 4.69) is 15.3 Å². The summed E-state index contributed by atoms with van der Waals surface area (Å²) in [6, 6.07) is 8.65. The Hall–Kier alpha value is -2.66. The summed E-state index contributed by atoms with van der Waals surface area (Å²) in [5, 5.41) is 3.90. The van der Waals surface area contributed by atoms with Crippen molar-refractivity contribution in [3.05, 3.63) is 59.5 Å². The van der Waals surface area contributed by atoms with Crippen LogP contribution in [0.5, 0.6) is 0 Å². The number of amides is 1. The predicted molar refractivity (Wildman–Crippen MR) is 83.4 cm³/mol. The Morgan fingerprint density at radius 3 is 2.86 bits per heavy atom. The molecule has 1 amide bonds. The number of rotatable bonds is 2. The summed E-state index contributed by atoms with van der Waals surface area (Å²) in [4.78, 5) is 20.4. The van der Waals surface area contributed by atoms with Crippen LogP contribution >= 0.6 is 11.6 Å². The van der Waals surface area contributed by atoms with E-state index < -0.39 is 0 Å². The van der Waals surface area contributed by atoms with Gasteiger partial charge in [-0.05, 0) is 30.3 Å². The first-order valence-corrected chi connectivity index (χ1v) is 6.58. The molecule has 0 aliphatic rings. The number of nitrogens with zero attached hydrogens (tertiary/aromatic N) is 2. The second-order valence-corrected chi connectivity index (χ2v) is 4.82. The van der Waals surface area contributed by atoms with Crippen LogP contribution in [0.3, 0.4) is 0 Å². The summed E-state index contributed by atoms with van der Waals surface area (Å²) in [5.41, 5.74) is 8.09. The molecular formula is C15H11ClN4O. The predicted octanol–water partition coefficient (Wildman–Crippen LogP) is 3.12. The fourth-order valence-corrected chi connectivity index (χ4v) is 2.26. The van der Waals surface area contributed by atoms with Gasteiger partial charge in [-0.2, -0.15) is 0 Å². The SMILES string of the molecule is Nc1ccc(NC(=O)c2ccncc2Cl)c2cccnc12. The molecule has 2 aromatic heterocycles. The zero-order valence-corrected chi connectivity index (χ0v) is 11.6. The highest BCUT2D eigenvalue weighted by Crippen LogP contribution is 2.27. The van der Waals surface area contributed by atoms with Gasteiger partial charge >= 0.3 is 0 Å². The van der Waals surface area contributed by atoms with Gasteiger partial charge in [0.15, 0.2) is 0 Å². The van der Waals surface area contributed by atoms with E-state index in [0.717, 1.165) is 5.39 Å². The van der Waals surface area contributed by atoms with Gasteiger partial charge in [0, 0.05) is 24.0 Å². The standard InChI is InChI=1S/C15H11ClN4O/c16-11-8-18-7-5-9(11)15(21)20-13-4-3-12(17)14-10(13)2-1-6-19-14/h1-8H,17H2,(H,20,21). The van der Waals surface area contributed by atoms with E-state index >= 15 is 0 Å². The Morgan fingerprint density at radius 2 is 2.05 bits per heavy atom. The van der Waals surface area contributed by atoms with Crippen molar-refractivity contribution < 1.29 is 4.79 Å². The Balaban J connectivity index is 2.01. The Morgan fingerprint density at radius 1 is 1.19 bits per heavy atom. The van der Waals surface area contributed by atoms with E-state index in [-0.39, 0.29) is 5.91 Å². The molecule has 5 nitrogen and oxygen atoms in total. The van der Waals surface area contributed by atoms with Gasteiger partial charge in [-0.3, -0.25) is 14.8 Å². The Labute approximate surface area is 125 Å². The minimum absolute atomic E-state index is 0.299. The van der Waals surface area contributed by atoms with Crippen molar-refractivity contribution in [2.75, 3.05) is 11.1 Å². The van der Waals surface area contributed by atoms with Crippen LogP contribution in [0.2, 0.25) is 5.02 Å². The zero-order chi connectivity index (χ0) is 14.8. The normalized spacial score (nSPS) is 10.5. The molecule has 0 spiro atoms. The van der Waals surface area contributed by atoms with Gasteiger partial charge in [0.05, 0.1) is 27.5 Å². The highest BCUT2D eigenvalue weighted by atomic mass is 35.5. The molecule has 0 aliphatic heterocycles. The second-order valence-electron chi connectivity index (χ2n) is 4.41. The number of carbonyl (C=O) groups excluding carboxylic acids is 1. The number of benzene rings is 1. The minimum atomic E-state index is -0.308. The summed E-state index contributed by atoms with van der Waals surface area (Å²) in [7, 11) is 0. The van der Waals surface area contributed by atoms with E-state index in [4.69, 9.17) is 17.3 Å². The first-order chi connectivity index (χ1) is 10.2. The van der Waals surface area contributed by atoms with Crippen LogP contribution in [0.15, 0.2) is 48.9 Å². The van der Waals surface area contributed by atoms with Crippen molar-refractivity contribution in [3.8, 4) is 0 Å². The van der Waals surface area contributed by atoms with Crippen LogP contribution in [0.25, 0.3) is 10.9 Å². The van der Waals surface area contributed by atoms with Crippen molar-refractivity contribution in [1.82, 2.24) is 9.97 Å². The molecule has 104 valence electrons. The highest BCUT2D eigenvalue weighted by Gasteiger charge is 2.12. The molecule has 0 saturated carbocycles. The van der Waals surface area contributed by atoms with Crippen LogP contribution in [0, 0.1) is 0 Å². The van der Waals surface area contributed by atoms with Gasteiger partial charge in [0.25, 0.3) is 5.91 Å². The lowest BCUT2D eigenvalue weighted by Crippen LogP contribution is -2.13. The van der Waals surface area contributed by atoms with Crippen LogP contribution < -0.4 is 11.1 Å². The molecule has 6 heteroatoms. The molecule has 0 fully saturated rings. The van der Waals surface area contributed by atoms with Crippen LogP contribution in [0.1, 0.15) is 10.4 Å². The molecule has 0 aliphatic carbocycles. The van der Waals surface area contributed by atoms with Gasteiger partial charge in [-0.25, -0.2) is 0 Å². The monoisotopic (exact) mass is 298 g/mol. The molecular weight excluding hydrogens is 288 g/mol. The van der Waals surface area contributed by atoms with Crippen molar-refractivity contribution >= 4 is 39.8 Å². The molecule has 3 aromatic rings. The number of aromatic nitrogens is 2. The van der Waals surface area contributed by atoms with Crippen LogP contribution in [0.4, 0.5) is 11.4 Å². The third kappa shape index (κ3) is 2.51. The van der Waals surface area contributed by atoms with Gasteiger partial charge in [-0.1, -0.05) is 11.6 Å². The molecule has 21 heavy (non-hydrogen) atoms. The van der Waals surface area contributed by atoms with Crippen molar-refractivity contribution in [2.45, 2.75) is 0 Å². The van der Waals surface area contributed by atoms with Crippen LogP contribution in [-0.4, -0.2) is 15.9 Å². The summed E-state index contributed by atoms with van der Waals surface area (Å²) in [6.45, 7) is 0. The molecule has 3 N–H and O–H groups in total. The van der Waals surface area contributed by atoms with E-state index in [1.54, 1.807) is 30.5 Å². The van der Waals surface area contributed by atoms with Gasteiger partial charge in [0.1, 0.15) is 0 Å². The second kappa shape index (κ2) is 5.38. The molecule has 2 heterocycles. The highest BCUT2D eigenvalue weighted by molar-refractivity contribution is 6.34. The lowest BCUT2D eigenvalue weighted by Gasteiger charge is -2.10. The smallest absolute Gasteiger partial charge is 0.257 e. The molecule has 1 aromatic carbocycles. The topological polar surface area (TPSA) is 80.9 Å². The number of pyridine rings is 2. The third-order valence-electron chi connectivity index (χ3n) is 3.07. The largest absolute Gasteiger partial charge is 0.397 e. The number of fused-ring (bicyclic) bond motifs is 1. The fourth-order valence-electron chi connectivity index (χ4n) is 2.05. The third-order valence-corrected chi connectivity index (χ3v) is 3.37. The van der Waals surface area contributed by atoms with E-state index in [1.165, 1.54) is 12.4 Å². The number of carbonyl (C=O) groups is 1. The van der Waals surface area contributed by atoms with Crippen LogP contribution in [-0.2, 0) is 0 Å². The van der Waals surface area contributed by atoms with Gasteiger partial charge < -0.3 is 11.1 Å². The first-order valence-electron chi connectivity index (χ1n) is 6.21. The maximum absolute atomic E-state index is 12.3. The molecule has 3 rings (SSSR count). The zero-order valence-electron chi connectivity index (χ0n) is 10.9. The lowest BCUT2D eigenvalue weighted by molar-refractivity contribution is 0.102. The fraction of sp³-hybridized carbons (Fsp3) is 0. The Bertz CT molecular complexity index is 835. The first kappa shape index (κ1) is 13.3. The average Bonchev–Trinajstić information content (AvgIpc) is 2.51. The molecule has 0 radical (unpaired) electrons.